The highest BCUT2D eigenvalue weighted by Gasteiger charge is 2.37. The van der Waals surface area contributed by atoms with Crippen LogP contribution < -0.4 is 5.32 Å². The van der Waals surface area contributed by atoms with Gasteiger partial charge in [-0.05, 0) is 73.1 Å². The second-order valence-electron chi connectivity index (χ2n) is 12.4. The Morgan fingerprint density at radius 3 is 2.32 bits per heavy atom. The Labute approximate surface area is 268 Å². The van der Waals surface area contributed by atoms with E-state index in [1.807, 2.05) is 24.5 Å². The lowest BCUT2D eigenvalue weighted by molar-refractivity contribution is -0.136. The smallest absolute Gasteiger partial charge is 0.227 e. The molecule has 238 valence electrons. The standard InChI is InChI=1S/C27H37FN4O.C5H4ClN.C4H8/c1-4-5-24(10-11-25-29-15-19-30(25)3)32-16-12-21(20-32)26(33)31-17-13-27(2,14-18-31)22-6-8-23(28)9-7-22;6-5-2-1-3-7-4-5;1-2-4-3-1/h5-11,15,19,21,25,29H,4,12-14,16-18,20H2,1-3H3;1-4H;1-4H2/b11-10-,24-5-;;. The lowest BCUT2D eigenvalue weighted by Crippen LogP contribution is -2.46. The van der Waals surface area contributed by atoms with Crippen LogP contribution >= 0.6 is 11.6 Å². The normalized spacial score (nSPS) is 22.5. The topological polar surface area (TPSA) is 51.7 Å². The molecule has 2 atom stereocenters. The van der Waals surface area contributed by atoms with Crippen LogP contribution in [0.3, 0.4) is 0 Å². The zero-order valence-electron chi connectivity index (χ0n) is 26.6. The van der Waals surface area contributed by atoms with E-state index in [0.29, 0.717) is 10.9 Å². The first-order valence-corrected chi connectivity index (χ1v) is 16.5. The third-order valence-electron chi connectivity index (χ3n) is 9.13. The molecule has 4 aliphatic rings. The Hall–Kier alpha value is -3.32. The monoisotopic (exact) mass is 621 g/mol. The maximum absolute atomic E-state index is 13.3. The van der Waals surface area contributed by atoms with Gasteiger partial charge in [0.05, 0.1) is 10.9 Å². The highest BCUT2D eigenvalue weighted by Crippen LogP contribution is 2.36. The molecule has 0 bridgehead atoms. The van der Waals surface area contributed by atoms with Gasteiger partial charge in [0.25, 0.3) is 0 Å². The molecule has 3 fully saturated rings. The molecule has 1 aliphatic carbocycles. The summed E-state index contributed by atoms with van der Waals surface area (Å²) in [5, 5.41) is 4.00. The van der Waals surface area contributed by atoms with Crippen LogP contribution in [0.5, 0.6) is 0 Å². The van der Waals surface area contributed by atoms with E-state index in [-0.39, 0.29) is 23.3 Å². The number of allylic oxidation sites excluding steroid dienone is 2. The summed E-state index contributed by atoms with van der Waals surface area (Å²) in [4.78, 5) is 23.6. The van der Waals surface area contributed by atoms with Crippen LogP contribution in [0.2, 0.25) is 5.02 Å². The molecule has 6 rings (SSSR count). The maximum atomic E-state index is 13.3. The van der Waals surface area contributed by atoms with Crippen molar-refractivity contribution in [2.45, 2.75) is 76.8 Å². The summed E-state index contributed by atoms with van der Waals surface area (Å²) >= 11 is 5.48. The average Bonchev–Trinajstić information content (AvgIpc) is 3.65. The number of aromatic nitrogens is 1. The number of carbonyl (C=O) groups is 1. The number of likely N-dealkylation sites (tertiary alicyclic amines) is 2. The second-order valence-corrected chi connectivity index (χ2v) is 12.8. The van der Waals surface area contributed by atoms with Gasteiger partial charge in [0.2, 0.25) is 5.91 Å². The van der Waals surface area contributed by atoms with Crippen molar-refractivity contribution in [3.05, 3.63) is 102 Å². The molecule has 44 heavy (non-hydrogen) atoms. The maximum Gasteiger partial charge on any atom is 0.227 e. The van der Waals surface area contributed by atoms with Gasteiger partial charge in [-0.15, -0.1) is 0 Å². The first-order valence-electron chi connectivity index (χ1n) is 16.2. The van der Waals surface area contributed by atoms with Crippen molar-refractivity contribution in [2.24, 2.45) is 5.92 Å². The van der Waals surface area contributed by atoms with Crippen LogP contribution in [-0.4, -0.2) is 65.0 Å². The Balaban J connectivity index is 0.000000335. The molecule has 1 amide bonds. The molecule has 0 spiro atoms. The summed E-state index contributed by atoms with van der Waals surface area (Å²) in [6.07, 6.45) is 23.8. The molecule has 1 aromatic heterocycles. The number of pyridine rings is 1. The van der Waals surface area contributed by atoms with E-state index in [0.717, 1.165) is 51.9 Å². The quantitative estimate of drug-likeness (QED) is 0.339. The Kier molecular flexibility index (Phi) is 12.7. The highest BCUT2D eigenvalue weighted by molar-refractivity contribution is 6.30. The number of hydrogen-bond acceptors (Lipinski definition) is 5. The van der Waals surface area contributed by atoms with Gasteiger partial charge in [0.1, 0.15) is 12.0 Å². The largest absolute Gasteiger partial charge is 0.371 e. The molecule has 6 nitrogen and oxygen atoms in total. The van der Waals surface area contributed by atoms with Crippen LogP contribution in [0.25, 0.3) is 0 Å². The zero-order valence-corrected chi connectivity index (χ0v) is 27.4. The molecule has 1 aromatic carbocycles. The Bertz CT molecular complexity index is 1250. The van der Waals surface area contributed by atoms with Crippen LogP contribution in [0, 0.1) is 11.7 Å². The van der Waals surface area contributed by atoms with E-state index in [2.05, 4.69) is 64.1 Å². The molecule has 1 N–H and O–H groups in total. The third-order valence-corrected chi connectivity index (χ3v) is 9.35. The predicted molar refractivity (Wildman–Crippen MR) is 178 cm³/mol. The first kappa shape index (κ1) is 33.6. The molecule has 1 saturated carbocycles. The number of nitrogens with one attached hydrogen (secondary N) is 1. The van der Waals surface area contributed by atoms with Gasteiger partial charge in [-0.1, -0.05) is 69.3 Å². The number of amides is 1. The van der Waals surface area contributed by atoms with Gasteiger partial charge in [0, 0.05) is 63.7 Å². The summed E-state index contributed by atoms with van der Waals surface area (Å²) in [7, 11) is 2.05. The number of nitrogens with zero attached hydrogens (tertiary/aromatic N) is 4. The number of rotatable bonds is 6. The van der Waals surface area contributed by atoms with Crippen molar-refractivity contribution >= 4 is 17.5 Å². The molecule has 3 aliphatic heterocycles. The summed E-state index contributed by atoms with van der Waals surface area (Å²) in [6.45, 7) is 7.63. The minimum absolute atomic E-state index is 0.00428. The molecular weight excluding hydrogens is 573 g/mol. The third kappa shape index (κ3) is 9.59. The SMILES string of the molecule is C1CCC1.CC/C=C(/C=C\C1NC=CN1C)N1CCC(C(=O)N2CCC(C)(c3ccc(F)cc3)CC2)C1.Clc1cccnc1. The summed E-state index contributed by atoms with van der Waals surface area (Å²) in [6, 6.07) is 10.4. The van der Waals surface area contributed by atoms with Crippen molar-refractivity contribution in [3.8, 4) is 0 Å². The van der Waals surface area contributed by atoms with Crippen LogP contribution in [-0.2, 0) is 10.2 Å². The fourth-order valence-electron chi connectivity index (χ4n) is 5.77. The van der Waals surface area contributed by atoms with Gasteiger partial charge < -0.3 is 20.0 Å². The van der Waals surface area contributed by atoms with Gasteiger partial charge in [-0.2, -0.15) is 0 Å². The summed E-state index contributed by atoms with van der Waals surface area (Å²) in [5.41, 5.74) is 2.38. The number of hydrogen-bond donors (Lipinski definition) is 1. The summed E-state index contributed by atoms with van der Waals surface area (Å²) in [5.74, 6) is 0.151. The van der Waals surface area contributed by atoms with Crippen LogP contribution in [0.15, 0.2) is 85.1 Å². The van der Waals surface area contributed by atoms with E-state index < -0.39 is 0 Å². The van der Waals surface area contributed by atoms with E-state index in [1.54, 1.807) is 36.7 Å². The fraction of sp³-hybridized carbons (Fsp3) is 0.500. The van der Waals surface area contributed by atoms with Crippen molar-refractivity contribution in [1.82, 2.24) is 25.0 Å². The highest BCUT2D eigenvalue weighted by atomic mass is 35.5. The van der Waals surface area contributed by atoms with E-state index in [1.165, 1.54) is 36.9 Å². The van der Waals surface area contributed by atoms with E-state index >= 15 is 0 Å². The van der Waals surface area contributed by atoms with Gasteiger partial charge in [-0.25, -0.2) is 4.39 Å². The van der Waals surface area contributed by atoms with Crippen molar-refractivity contribution in [1.29, 1.82) is 0 Å². The van der Waals surface area contributed by atoms with Crippen LogP contribution in [0.4, 0.5) is 4.39 Å². The van der Waals surface area contributed by atoms with E-state index in [9.17, 15) is 9.18 Å². The Morgan fingerprint density at radius 1 is 1.09 bits per heavy atom. The fourth-order valence-corrected chi connectivity index (χ4v) is 5.90. The molecule has 0 radical (unpaired) electrons. The number of halogens is 2. The zero-order chi connectivity index (χ0) is 31.4. The first-order chi connectivity index (χ1) is 21.3. The number of benzene rings is 1. The van der Waals surface area contributed by atoms with Crippen molar-refractivity contribution < 1.29 is 9.18 Å². The molecule has 2 unspecified atom stereocenters. The number of carbonyl (C=O) groups excluding carboxylic acids is 1. The summed E-state index contributed by atoms with van der Waals surface area (Å²) < 4.78 is 13.3. The molecule has 2 saturated heterocycles. The van der Waals surface area contributed by atoms with Crippen molar-refractivity contribution in [2.75, 3.05) is 33.2 Å². The number of likely N-dealkylation sites (N-methyl/N-ethyl adjacent to an activating group) is 1. The average molecular weight is 622 g/mol. The Morgan fingerprint density at radius 2 is 1.80 bits per heavy atom. The second kappa shape index (κ2) is 16.7. The molecule has 4 heterocycles. The van der Waals surface area contributed by atoms with E-state index in [4.69, 9.17) is 11.6 Å². The lowest BCUT2D eigenvalue weighted by atomic mass is 9.74. The van der Waals surface area contributed by atoms with Gasteiger partial charge in [-0.3, -0.25) is 9.78 Å². The minimum Gasteiger partial charge on any atom is -0.371 e. The van der Waals surface area contributed by atoms with Gasteiger partial charge >= 0.3 is 0 Å². The van der Waals surface area contributed by atoms with Crippen LogP contribution in [0.1, 0.15) is 70.8 Å². The van der Waals surface area contributed by atoms with Gasteiger partial charge in [0.15, 0.2) is 0 Å². The molecular formula is C36H49ClFN5O. The molecule has 8 heteroatoms. The minimum atomic E-state index is -0.199. The number of piperidine rings is 1. The lowest BCUT2D eigenvalue weighted by Gasteiger charge is -2.40. The van der Waals surface area contributed by atoms with Crippen molar-refractivity contribution in [3.63, 3.8) is 0 Å². The predicted octanol–water partition coefficient (Wildman–Crippen LogP) is 7.51. The molecule has 2 aromatic rings.